The number of ether oxygens (including phenoxy) is 1. The van der Waals surface area contributed by atoms with E-state index in [1.165, 1.54) is 0 Å². The zero-order valence-corrected chi connectivity index (χ0v) is 15.2. The lowest BCUT2D eigenvalue weighted by Crippen LogP contribution is -2.03. The van der Waals surface area contributed by atoms with E-state index in [2.05, 4.69) is 27.1 Å². The van der Waals surface area contributed by atoms with Crippen LogP contribution >= 0.6 is 0 Å². The van der Waals surface area contributed by atoms with E-state index in [4.69, 9.17) is 10.00 Å². The third-order valence-corrected chi connectivity index (χ3v) is 4.48. The van der Waals surface area contributed by atoms with Crippen molar-refractivity contribution in [3.8, 4) is 40.5 Å². The summed E-state index contributed by atoms with van der Waals surface area (Å²) in [6, 6.07) is 13.6. The van der Waals surface area contributed by atoms with Gasteiger partial charge in [-0.25, -0.2) is 4.98 Å². The Balaban J connectivity index is 2.07. The molecule has 0 spiro atoms. The first-order valence-electron chi connectivity index (χ1n) is 8.45. The lowest BCUT2D eigenvalue weighted by Gasteiger charge is -2.14. The minimum atomic E-state index is 0.385. The van der Waals surface area contributed by atoms with E-state index in [1.54, 1.807) is 55.2 Å². The first-order valence-corrected chi connectivity index (χ1v) is 8.45. The summed E-state index contributed by atoms with van der Waals surface area (Å²) >= 11 is 0. The molecule has 1 aromatic carbocycles. The predicted molar refractivity (Wildman–Crippen MR) is 102 cm³/mol. The van der Waals surface area contributed by atoms with Crippen LogP contribution in [-0.4, -0.2) is 26.5 Å². The molecule has 7 heteroatoms. The second-order valence-electron chi connectivity index (χ2n) is 6.10. The highest BCUT2D eigenvalue weighted by molar-refractivity contribution is 5.90. The van der Waals surface area contributed by atoms with Crippen LogP contribution in [0.1, 0.15) is 16.8 Å². The van der Waals surface area contributed by atoms with Crippen LogP contribution in [0.5, 0.6) is 6.01 Å². The molecule has 0 aliphatic heterocycles. The molecular formula is C21H14N6O. The highest BCUT2D eigenvalue weighted by atomic mass is 16.5. The van der Waals surface area contributed by atoms with E-state index in [-0.39, 0.29) is 0 Å². The molecule has 0 bridgehead atoms. The smallest absolute Gasteiger partial charge is 0.302 e. The van der Waals surface area contributed by atoms with E-state index in [9.17, 15) is 5.26 Å². The molecule has 0 aliphatic rings. The number of pyridine rings is 1. The largest absolute Gasteiger partial charge is 0.468 e. The van der Waals surface area contributed by atoms with Gasteiger partial charge in [0.15, 0.2) is 5.65 Å². The Morgan fingerprint density at radius 2 is 1.82 bits per heavy atom. The van der Waals surface area contributed by atoms with Crippen LogP contribution in [0.3, 0.4) is 0 Å². The average Bonchev–Trinajstić information content (AvgIpc) is 3.23. The van der Waals surface area contributed by atoms with Crippen LogP contribution in [0.2, 0.25) is 0 Å². The summed E-state index contributed by atoms with van der Waals surface area (Å²) in [5.41, 5.74) is 5.25. The maximum atomic E-state index is 9.41. The molecule has 3 aromatic heterocycles. The van der Waals surface area contributed by atoms with E-state index in [0.717, 1.165) is 16.7 Å². The second-order valence-corrected chi connectivity index (χ2v) is 6.10. The van der Waals surface area contributed by atoms with Crippen molar-refractivity contribution in [1.82, 2.24) is 19.4 Å². The van der Waals surface area contributed by atoms with Crippen molar-refractivity contribution in [1.29, 1.82) is 10.5 Å². The summed E-state index contributed by atoms with van der Waals surface area (Å²) < 4.78 is 7.18. The summed E-state index contributed by atoms with van der Waals surface area (Å²) in [6.07, 6.45) is 5.14. The van der Waals surface area contributed by atoms with Crippen molar-refractivity contribution < 1.29 is 4.74 Å². The molecule has 0 saturated carbocycles. The summed E-state index contributed by atoms with van der Waals surface area (Å²) in [7, 11) is 1.55. The Morgan fingerprint density at radius 3 is 2.50 bits per heavy atom. The highest BCUT2D eigenvalue weighted by Crippen LogP contribution is 2.36. The molecular weight excluding hydrogens is 352 g/mol. The molecule has 28 heavy (non-hydrogen) atoms. The number of fused-ring (bicyclic) bond motifs is 1. The topological polar surface area (TPSA) is 99.9 Å². The first kappa shape index (κ1) is 17.2. The van der Waals surface area contributed by atoms with Gasteiger partial charge >= 0.3 is 6.01 Å². The lowest BCUT2D eigenvalue weighted by molar-refractivity contribution is 0.375. The summed E-state index contributed by atoms with van der Waals surface area (Å²) in [6.45, 7) is 1.79. The van der Waals surface area contributed by atoms with Crippen LogP contribution in [0.4, 0.5) is 0 Å². The molecule has 0 radical (unpaired) electrons. The second kappa shape index (κ2) is 6.82. The van der Waals surface area contributed by atoms with Crippen molar-refractivity contribution in [2.24, 2.45) is 0 Å². The van der Waals surface area contributed by atoms with Gasteiger partial charge in [0.2, 0.25) is 0 Å². The van der Waals surface area contributed by atoms with Crippen LogP contribution in [0, 0.1) is 29.6 Å². The van der Waals surface area contributed by atoms with E-state index >= 15 is 0 Å². The monoisotopic (exact) mass is 366 g/mol. The molecule has 7 nitrogen and oxygen atoms in total. The fraction of sp³-hybridized carbons (Fsp3) is 0.0952. The number of hydrogen-bond acceptors (Lipinski definition) is 6. The normalized spacial score (nSPS) is 10.4. The predicted octanol–water partition coefficient (Wildman–Crippen LogP) is 3.52. The molecule has 0 unspecified atom stereocenters. The Labute approximate surface area is 161 Å². The lowest BCUT2D eigenvalue weighted by atomic mass is 9.99. The summed E-state index contributed by atoms with van der Waals surface area (Å²) in [5, 5.41) is 18.5. The van der Waals surface area contributed by atoms with Gasteiger partial charge in [0, 0.05) is 29.7 Å². The van der Waals surface area contributed by atoms with Crippen LogP contribution in [0.15, 0.2) is 48.9 Å². The zero-order valence-electron chi connectivity index (χ0n) is 15.2. The first-order chi connectivity index (χ1) is 13.7. The molecule has 0 saturated heterocycles. The summed E-state index contributed by atoms with van der Waals surface area (Å²) in [4.78, 5) is 13.5. The van der Waals surface area contributed by atoms with Gasteiger partial charge in [0.1, 0.15) is 6.07 Å². The number of benzene rings is 1. The third-order valence-electron chi connectivity index (χ3n) is 4.48. The maximum Gasteiger partial charge on any atom is 0.302 e. The molecule has 3 heterocycles. The van der Waals surface area contributed by atoms with Gasteiger partial charge in [0.05, 0.1) is 41.3 Å². The Morgan fingerprint density at radius 1 is 1.04 bits per heavy atom. The van der Waals surface area contributed by atoms with Gasteiger partial charge in [-0.1, -0.05) is 12.1 Å². The van der Waals surface area contributed by atoms with Crippen molar-refractivity contribution in [2.45, 2.75) is 6.92 Å². The number of nitriles is 2. The van der Waals surface area contributed by atoms with Crippen molar-refractivity contribution in [3.05, 3.63) is 65.7 Å². The number of aromatic nitrogens is 4. The molecule has 0 N–H and O–H groups in total. The number of methoxy groups -OCH3 is 1. The fourth-order valence-corrected chi connectivity index (χ4v) is 3.06. The highest BCUT2D eigenvalue weighted by Gasteiger charge is 2.19. The fourth-order valence-electron chi connectivity index (χ4n) is 3.06. The molecule has 0 fully saturated rings. The molecule has 0 aliphatic carbocycles. The average molecular weight is 366 g/mol. The number of imidazole rings is 1. The van der Waals surface area contributed by atoms with Crippen molar-refractivity contribution in [3.63, 3.8) is 0 Å². The van der Waals surface area contributed by atoms with E-state index in [1.807, 2.05) is 12.1 Å². The van der Waals surface area contributed by atoms with Gasteiger partial charge in [-0.3, -0.25) is 9.38 Å². The van der Waals surface area contributed by atoms with Gasteiger partial charge in [-0.15, -0.1) is 0 Å². The third kappa shape index (κ3) is 2.72. The van der Waals surface area contributed by atoms with Gasteiger partial charge in [-0.2, -0.15) is 15.5 Å². The van der Waals surface area contributed by atoms with Gasteiger partial charge in [0.25, 0.3) is 0 Å². The van der Waals surface area contributed by atoms with Crippen LogP contribution in [0.25, 0.3) is 28.0 Å². The molecule has 0 atom stereocenters. The van der Waals surface area contributed by atoms with E-state index in [0.29, 0.717) is 34.2 Å². The summed E-state index contributed by atoms with van der Waals surface area (Å²) in [5.74, 6) is 0. The number of rotatable bonds is 3. The number of nitrogens with zero attached hydrogens (tertiary/aromatic N) is 6. The van der Waals surface area contributed by atoms with Gasteiger partial charge in [-0.05, 0) is 25.1 Å². The standard InChI is InChI=1S/C21H14N6O/c1-13-16(11-23)9-17(12-25-13)18-19(15-5-3-14(10-22)4-6-15)26-21(28-2)27-8-7-24-20(18)27/h3-9,12H,1-2H3. The maximum absolute atomic E-state index is 9.41. The zero-order chi connectivity index (χ0) is 19.7. The molecule has 4 aromatic rings. The van der Waals surface area contributed by atoms with Crippen LogP contribution < -0.4 is 4.74 Å². The Hall–Kier alpha value is -4.23. The minimum Gasteiger partial charge on any atom is -0.468 e. The number of aryl methyl sites for hydroxylation is 1. The van der Waals surface area contributed by atoms with Gasteiger partial charge < -0.3 is 4.74 Å². The minimum absolute atomic E-state index is 0.385. The Bertz CT molecular complexity index is 1280. The van der Waals surface area contributed by atoms with Crippen LogP contribution in [-0.2, 0) is 0 Å². The molecule has 4 rings (SSSR count). The van der Waals surface area contributed by atoms with Crippen molar-refractivity contribution in [2.75, 3.05) is 7.11 Å². The molecule has 0 amide bonds. The molecule has 134 valence electrons. The SMILES string of the molecule is COc1nc(-c2ccc(C#N)cc2)c(-c2cnc(C)c(C#N)c2)c2nccn12. The Kier molecular flexibility index (Phi) is 4.19. The van der Waals surface area contributed by atoms with E-state index < -0.39 is 0 Å². The van der Waals surface area contributed by atoms with Crippen molar-refractivity contribution >= 4 is 5.65 Å². The quantitative estimate of drug-likeness (QED) is 0.550. The number of hydrogen-bond donors (Lipinski definition) is 0.